The predicted molar refractivity (Wildman–Crippen MR) is 39.7 cm³/mol. The van der Waals surface area contributed by atoms with Gasteiger partial charge in [-0.05, 0) is 6.42 Å². The van der Waals surface area contributed by atoms with Gasteiger partial charge in [-0.1, -0.05) is 29.5 Å². The third kappa shape index (κ3) is 3.22. The number of hydrogen-bond donors (Lipinski definition) is 0. The fraction of sp³-hybridized carbons (Fsp3) is 0.800. The Bertz CT molecular complexity index is 88.9. The maximum absolute atomic E-state index is 8.28. The van der Waals surface area contributed by atoms with Crippen LogP contribution >= 0.6 is 22.6 Å². The zero-order chi connectivity index (χ0) is 6.41. The van der Waals surface area contributed by atoms with Crippen molar-refractivity contribution in [1.82, 2.24) is 0 Å². The summed E-state index contributed by atoms with van der Waals surface area (Å²) in [6.45, 7) is 1.93. The zero-order valence-corrected chi connectivity index (χ0v) is 6.88. The van der Waals surface area contributed by atoms with Crippen LogP contribution in [0.2, 0.25) is 0 Å². The molecule has 0 saturated carbocycles. The van der Waals surface area contributed by atoms with Crippen LogP contribution in [0.15, 0.2) is 0 Å². The van der Waals surface area contributed by atoms with Gasteiger partial charge in [-0.2, -0.15) is 5.26 Å². The first kappa shape index (κ1) is 8.18. The van der Waals surface area contributed by atoms with Gasteiger partial charge < -0.3 is 4.74 Å². The molecule has 0 aliphatic carbocycles. The molecule has 0 aromatic rings. The summed E-state index contributed by atoms with van der Waals surface area (Å²) < 4.78 is 5.57. The van der Waals surface area contributed by atoms with E-state index in [1.807, 2.05) is 13.0 Å². The molecule has 0 bridgehead atoms. The maximum atomic E-state index is 8.28. The standard InChI is InChI=1S/C5H8INO/c1-2-5(3-7)8-4-6/h5H,2,4H2,1H3. The van der Waals surface area contributed by atoms with E-state index in [1.165, 1.54) is 0 Å². The summed E-state index contributed by atoms with van der Waals surface area (Å²) in [4.78, 5) is 0. The van der Waals surface area contributed by atoms with Crippen molar-refractivity contribution < 1.29 is 4.74 Å². The van der Waals surface area contributed by atoms with E-state index in [4.69, 9.17) is 10.00 Å². The van der Waals surface area contributed by atoms with Crippen molar-refractivity contribution in [3.05, 3.63) is 0 Å². The van der Waals surface area contributed by atoms with Gasteiger partial charge >= 0.3 is 0 Å². The van der Waals surface area contributed by atoms with Gasteiger partial charge in [0, 0.05) is 0 Å². The molecule has 0 spiro atoms. The Labute approximate surface area is 63.0 Å². The third-order valence-corrected chi connectivity index (χ3v) is 1.14. The molecule has 0 aliphatic rings. The van der Waals surface area contributed by atoms with E-state index in [-0.39, 0.29) is 6.10 Å². The largest absolute Gasteiger partial charge is 0.353 e. The molecular formula is C5H8INO. The summed E-state index contributed by atoms with van der Waals surface area (Å²) >= 11 is 2.08. The van der Waals surface area contributed by atoms with Gasteiger partial charge in [0.05, 0.1) is 10.7 Å². The van der Waals surface area contributed by atoms with Crippen molar-refractivity contribution in [3.8, 4) is 6.07 Å². The SMILES string of the molecule is CCC(C#N)OCI. The normalized spacial score (nSPS) is 12.6. The van der Waals surface area contributed by atoms with Crippen LogP contribution in [0.1, 0.15) is 13.3 Å². The topological polar surface area (TPSA) is 33.0 Å². The Morgan fingerprint density at radius 1 is 1.88 bits per heavy atom. The fourth-order valence-corrected chi connectivity index (χ4v) is 0.757. The molecule has 0 rings (SSSR count). The van der Waals surface area contributed by atoms with Crippen molar-refractivity contribution in [2.45, 2.75) is 19.4 Å². The zero-order valence-electron chi connectivity index (χ0n) is 4.72. The second kappa shape index (κ2) is 5.32. The highest BCUT2D eigenvalue weighted by Gasteiger charge is 1.99. The van der Waals surface area contributed by atoms with Crippen molar-refractivity contribution >= 4 is 22.6 Å². The van der Waals surface area contributed by atoms with E-state index in [0.717, 1.165) is 6.42 Å². The van der Waals surface area contributed by atoms with Gasteiger partial charge in [0.15, 0.2) is 0 Å². The molecule has 0 aromatic carbocycles. The van der Waals surface area contributed by atoms with Crippen molar-refractivity contribution in [2.75, 3.05) is 4.61 Å². The van der Waals surface area contributed by atoms with Crippen LogP contribution in [0.5, 0.6) is 0 Å². The number of hydrogen-bond acceptors (Lipinski definition) is 2. The molecule has 0 heterocycles. The molecular weight excluding hydrogens is 217 g/mol. The summed E-state index contributed by atoms with van der Waals surface area (Å²) in [6.07, 6.45) is 0.575. The van der Waals surface area contributed by atoms with Gasteiger partial charge in [-0.25, -0.2) is 0 Å². The Kier molecular flexibility index (Phi) is 5.44. The molecule has 1 unspecified atom stereocenters. The minimum atomic E-state index is -0.202. The molecule has 46 valence electrons. The molecule has 8 heavy (non-hydrogen) atoms. The minimum absolute atomic E-state index is 0.202. The molecule has 0 fully saturated rings. The van der Waals surface area contributed by atoms with E-state index >= 15 is 0 Å². The number of rotatable bonds is 3. The monoisotopic (exact) mass is 225 g/mol. The number of halogens is 1. The molecule has 0 aliphatic heterocycles. The number of alkyl halides is 1. The highest BCUT2D eigenvalue weighted by molar-refractivity contribution is 14.1. The first-order valence-electron chi connectivity index (χ1n) is 2.42. The molecule has 0 saturated heterocycles. The number of ether oxygens (including phenoxy) is 1. The summed E-state index contributed by atoms with van der Waals surface area (Å²) in [5.74, 6) is 0. The summed E-state index contributed by atoms with van der Waals surface area (Å²) in [6, 6.07) is 2.03. The van der Waals surface area contributed by atoms with Crippen LogP contribution < -0.4 is 0 Å². The van der Waals surface area contributed by atoms with Crippen molar-refractivity contribution in [2.24, 2.45) is 0 Å². The smallest absolute Gasteiger partial charge is 0.144 e. The van der Waals surface area contributed by atoms with E-state index < -0.39 is 0 Å². The molecule has 0 aromatic heterocycles. The Balaban J connectivity index is 3.26. The predicted octanol–water partition coefficient (Wildman–Crippen LogP) is 1.70. The average Bonchev–Trinajstić information content (AvgIpc) is 1.83. The van der Waals surface area contributed by atoms with Crippen LogP contribution in [-0.2, 0) is 4.74 Å². The van der Waals surface area contributed by atoms with E-state index in [9.17, 15) is 0 Å². The minimum Gasteiger partial charge on any atom is -0.353 e. The summed E-state index contributed by atoms with van der Waals surface area (Å²) in [7, 11) is 0. The molecule has 0 amide bonds. The van der Waals surface area contributed by atoms with Crippen LogP contribution in [-0.4, -0.2) is 10.7 Å². The van der Waals surface area contributed by atoms with Gasteiger partial charge in [0.25, 0.3) is 0 Å². The van der Waals surface area contributed by atoms with E-state index in [1.54, 1.807) is 0 Å². The van der Waals surface area contributed by atoms with Crippen LogP contribution in [0, 0.1) is 11.3 Å². The molecule has 3 heteroatoms. The highest BCUT2D eigenvalue weighted by Crippen LogP contribution is 1.97. The average molecular weight is 225 g/mol. The number of nitrogens with zero attached hydrogens (tertiary/aromatic N) is 1. The number of nitriles is 1. The van der Waals surface area contributed by atoms with Gasteiger partial charge in [-0.15, -0.1) is 0 Å². The van der Waals surface area contributed by atoms with Crippen molar-refractivity contribution in [3.63, 3.8) is 0 Å². The van der Waals surface area contributed by atoms with Gasteiger partial charge in [-0.3, -0.25) is 0 Å². The summed E-state index contributed by atoms with van der Waals surface area (Å²) in [5.41, 5.74) is 0. The van der Waals surface area contributed by atoms with Gasteiger partial charge in [0.2, 0.25) is 0 Å². The molecule has 1 atom stereocenters. The second-order valence-corrected chi connectivity index (χ2v) is 1.92. The van der Waals surface area contributed by atoms with E-state index in [2.05, 4.69) is 22.6 Å². The lowest BCUT2D eigenvalue weighted by atomic mass is 10.3. The van der Waals surface area contributed by atoms with E-state index in [0.29, 0.717) is 4.61 Å². The molecule has 2 nitrogen and oxygen atoms in total. The van der Waals surface area contributed by atoms with Crippen LogP contribution in [0.25, 0.3) is 0 Å². The lowest BCUT2D eigenvalue weighted by molar-refractivity contribution is 0.137. The third-order valence-electron chi connectivity index (χ3n) is 0.779. The van der Waals surface area contributed by atoms with Crippen molar-refractivity contribution in [1.29, 1.82) is 5.26 Å². The maximum Gasteiger partial charge on any atom is 0.144 e. The summed E-state index contributed by atoms with van der Waals surface area (Å²) in [5, 5.41) is 8.28. The van der Waals surface area contributed by atoms with Crippen LogP contribution in [0.4, 0.5) is 0 Å². The second-order valence-electron chi connectivity index (χ2n) is 1.30. The van der Waals surface area contributed by atoms with Gasteiger partial charge in [0.1, 0.15) is 6.10 Å². The highest BCUT2D eigenvalue weighted by atomic mass is 127. The van der Waals surface area contributed by atoms with Crippen LogP contribution in [0.3, 0.4) is 0 Å². The Morgan fingerprint density at radius 3 is 2.62 bits per heavy atom. The molecule has 0 radical (unpaired) electrons. The first-order chi connectivity index (χ1) is 3.85. The quantitative estimate of drug-likeness (QED) is 0.540. The Hall–Kier alpha value is 0.180. The first-order valence-corrected chi connectivity index (χ1v) is 3.94. The fourth-order valence-electron chi connectivity index (χ4n) is 0.322. The molecule has 0 N–H and O–H groups in total. The Morgan fingerprint density at radius 2 is 2.50 bits per heavy atom. The lowest BCUT2D eigenvalue weighted by Gasteiger charge is -2.01. The lowest BCUT2D eigenvalue weighted by Crippen LogP contribution is -2.06.